The van der Waals surface area contributed by atoms with Crippen molar-refractivity contribution in [1.29, 1.82) is 0 Å². The van der Waals surface area contributed by atoms with Gasteiger partial charge < -0.3 is 20.3 Å². The van der Waals surface area contributed by atoms with Gasteiger partial charge in [-0.2, -0.15) is 0 Å². The Kier molecular flexibility index (Phi) is 3.30. The zero-order chi connectivity index (χ0) is 10.9. The van der Waals surface area contributed by atoms with Gasteiger partial charge in [-0.25, -0.2) is 0 Å². The monoisotopic (exact) mass is 213 g/mol. The van der Waals surface area contributed by atoms with E-state index in [0.717, 1.165) is 26.3 Å². The van der Waals surface area contributed by atoms with E-state index in [2.05, 4.69) is 23.9 Å². The van der Waals surface area contributed by atoms with Crippen molar-refractivity contribution >= 4 is 0 Å². The molecule has 4 nitrogen and oxygen atoms in total. The van der Waals surface area contributed by atoms with Crippen LogP contribution in [0.3, 0.4) is 0 Å². The highest BCUT2D eigenvalue weighted by Gasteiger charge is 2.39. The number of nitrogens with zero attached hydrogens (tertiary/aromatic N) is 2. The molecule has 2 rings (SSSR count). The molecule has 0 amide bonds. The molecule has 2 N–H and O–H groups in total. The summed E-state index contributed by atoms with van der Waals surface area (Å²) in [6.07, 6.45) is 1.29. The Labute approximate surface area is 92.4 Å². The van der Waals surface area contributed by atoms with E-state index < -0.39 is 0 Å². The predicted octanol–water partition coefficient (Wildman–Crippen LogP) is -0.402. The lowest BCUT2D eigenvalue weighted by atomic mass is 9.85. The Hall–Kier alpha value is -0.160. The van der Waals surface area contributed by atoms with Crippen LogP contribution in [0.15, 0.2) is 0 Å². The molecule has 0 radical (unpaired) electrons. The molecule has 15 heavy (non-hydrogen) atoms. The van der Waals surface area contributed by atoms with Crippen LogP contribution < -0.4 is 5.73 Å². The maximum atomic E-state index is 5.83. The molecule has 2 aliphatic rings. The van der Waals surface area contributed by atoms with Crippen LogP contribution in [0.5, 0.6) is 0 Å². The van der Waals surface area contributed by atoms with Crippen LogP contribution in [0.2, 0.25) is 0 Å². The largest absolute Gasteiger partial charge is 0.380 e. The number of ether oxygens (including phenoxy) is 1. The van der Waals surface area contributed by atoms with Crippen molar-refractivity contribution in [2.24, 2.45) is 11.1 Å². The number of hydrogen-bond donors (Lipinski definition) is 1. The second-order valence-corrected chi connectivity index (χ2v) is 5.32. The van der Waals surface area contributed by atoms with Crippen LogP contribution in [-0.2, 0) is 4.74 Å². The Morgan fingerprint density at radius 3 is 2.67 bits per heavy atom. The first-order chi connectivity index (χ1) is 7.15. The zero-order valence-corrected chi connectivity index (χ0v) is 9.91. The van der Waals surface area contributed by atoms with Crippen molar-refractivity contribution in [2.75, 3.05) is 53.5 Å². The summed E-state index contributed by atoms with van der Waals surface area (Å²) in [6.45, 7) is 5.94. The summed E-state index contributed by atoms with van der Waals surface area (Å²) < 4.78 is 5.30. The fraction of sp³-hybridized carbons (Fsp3) is 1.00. The third kappa shape index (κ3) is 2.33. The number of likely N-dealkylation sites (N-methyl/N-ethyl adjacent to an activating group) is 2. The lowest BCUT2D eigenvalue weighted by molar-refractivity contribution is -0.121. The van der Waals surface area contributed by atoms with E-state index in [1.807, 2.05) is 0 Å². The Morgan fingerprint density at radius 2 is 2.27 bits per heavy atom. The number of likely N-dealkylation sites (tertiary alicyclic amines) is 1. The van der Waals surface area contributed by atoms with Crippen LogP contribution in [0.4, 0.5) is 0 Å². The molecule has 2 fully saturated rings. The SMILES string of the molecule is CN1CCC(N(C)CC2(CN)COC2)C1. The van der Waals surface area contributed by atoms with Gasteiger partial charge in [0, 0.05) is 31.1 Å². The average Bonchev–Trinajstić information content (AvgIpc) is 2.58. The zero-order valence-electron chi connectivity index (χ0n) is 9.91. The van der Waals surface area contributed by atoms with Crippen molar-refractivity contribution in [1.82, 2.24) is 9.80 Å². The van der Waals surface area contributed by atoms with Crippen molar-refractivity contribution in [2.45, 2.75) is 12.5 Å². The minimum atomic E-state index is 0.246. The van der Waals surface area contributed by atoms with Gasteiger partial charge in [0.15, 0.2) is 0 Å². The summed E-state index contributed by atoms with van der Waals surface area (Å²) in [6, 6.07) is 0.707. The number of nitrogens with two attached hydrogens (primary N) is 1. The summed E-state index contributed by atoms with van der Waals surface area (Å²) in [5, 5.41) is 0. The third-order valence-corrected chi connectivity index (χ3v) is 3.82. The van der Waals surface area contributed by atoms with Gasteiger partial charge in [-0.1, -0.05) is 0 Å². The molecular formula is C11H23N3O. The van der Waals surface area contributed by atoms with Gasteiger partial charge in [0.05, 0.1) is 13.2 Å². The molecule has 0 aliphatic carbocycles. The first kappa shape index (κ1) is 11.3. The van der Waals surface area contributed by atoms with Gasteiger partial charge >= 0.3 is 0 Å². The van der Waals surface area contributed by atoms with Crippen LogP contribution in [0, 0.1) is 5.41 Å². The molecule has 0 aromatic rings. The van der Waals surface area contributed by atoms with E-state index in [1.165, 1.54) is 19.5 Å². The summed E-state index contributed by atoms with van der Waals surface area (Å²) in [5.74, 6) is 0. The third-order valence-electron chi connectivity index (χ3n) is 3.82. The second kappa shape index (κ2) is 4.37. The van der Waals surface area contributed by atoms with E-state index in [1.54, 1.807) is 0 Å². The smallest absolute Gasteiger partial charge is 0.0569 e. The maximum absolute atomic E-state index is 5.83. The minimum absolute atomic E-state index is 0.246. The van der Waals surface area contributed by atoms with Crippen LogP contribution in [0.1, 0.15) is 6.42 Å². The quantitative estimate of drug-likeness (QED) is 0.690. The highest BCUT2D eigenvalue weighted by atomic mass is 16.5. The highest BCUT2D eigenvalue weighted by molar-refractivity contribution is 4.91. The number of hydrogen-bond acceptors (Lipinski definition) is 4. The fourth-order valence-electron chi connectivity index (χ4n) is 2.59. The molecule has 0 aromatic heterocycles. The second-order valence-electron chi connectivity index (χ2n) is 5.32. The van der Waals surface area contributed by atoms with Crippen molar-refractivity contribution in [3.63, 3.8) is 0 Å². The summed E-state index contributed by atoms with van der Waals surface area (Å²) in [4.78, 5) is 4.87. The van der Waals surface area contributed by atoms with E-state index >= 15 is 0 Å². The summed E-state index contributed by atoms with van der Waals surface area (Å²) >= 11 is 0. The average molecular weight is 213 g/mol. The Bertz CT molecular complexity index is 212. The Morgan fingerprint density at radius 1 is 1.53 bits per heavy atom. The van der Waals surface area contributed by atoms with Gasteiger partial charge in [-0.3, -0.25) is 0 Å². The van der Waals surface area contributed by atoms with E-state index in [0.29, 0.717) is 6.04 Å². The molecule has 1 atom stereocenters. The van der Waals surface area contributed by atoms with Gasteiger partial charge in [0.2, 0.25) is 0 Å². The molecule has 2 heterocycles. The van der Waals surface area contributed by atoms with Gasteiger partial charge in [0.1, 0.15) is 0 Å². The molecule has 0 bridgehead atoms. The van der Waals surface area contributed by atoms with E-state index in [-0.39, 0.29) is 5.41 Å². The lowest BCUT2D eigenvalue weighted by Gasteiger charge is -2.44. The molecule has 1 unspecified atom stereocenters. The molecule has 2 saturated heterocycles. The predicted molar refractivity (Wildman–Crippen MR) is 60.8 cm³/mol. The molecule has 0 saturated carbocycles. The van der Waals surface area contributed by atoms with Crippen LogP contribution >= 0.6 is 0 Å². The van der Waals surface area contributed by atoms with Crippen molar-refractivity contribution < 1.29 is 4.74 Å². The standard InChI is InChI=1S/C11H23N3O/c1-13-4-3-10(5-13)14(2)7-11(6-12)8-15-9-11/h10H,3-9,12H2,1-2H3. The van der Waals surface area contributed by atoms with Gasteiger partial charge in [0.25, 0.3) is 0 Å². The molecular weight excluding hydrogens is 190 g/mol. The molecule has 4 heteroatoms. The van der Waals surface area contributed by atoms with Crippen molar-refractivity contribution in [3.8, 4) is 0 Å². The van der Waals surface area contributed by atoms with Crippen molar-refractivity contribution in [3.05, 3.63) is 0 Å². The molecule has 88 valence electrons. The van der Waals surface area contributed by atoms with Gasteiger partial charge in [-0.15, -0.1) is 0 Å². The minimum Gasteiger partial charge on any atom is -0.380 e. The topological polar surface area (TPSA) is 41.7 Å². The maximum Gasteiger partial charge on any atom is 0.0569 e. The van der Waals surface area contributed by atoms with E-state index in [9.17, 15) is 0 Å². The summed E-state index contributed by atoms with van der Waals surface area (Å²) in [5.41, 5.74) is 6.07. The van der Waals surface area contributed by atoms with Crippen LogP contribution in [0.25, 0.3) is 0 Å². The molecule has 0 aromatic carbocycles. The Balaban J connectivity index is 1.83. The first-order valence-corrected chi connectivity index (χ1v) is 5.82. The first-order valence-electron chi connectivity index (χ1n) is 5.82. The molecule has 0 spiro atoms. The number of rotatable bonds is 4. The lowest BCUT2D eigenvalue weighted by Crippen LogP contribution is -2.56. The fourth-order valence-corrected chi connectivity index (χ4v) is 2.59. The van der Waals surface area contributed by atoms with Gasteiger partial charge in [-0.05, 0) is 27.1 Å². The normalized spacial score (nSPS) is 30.8. The van der Waals surface area contributed by atoms with E-state index in [4.69, 9.17) is 10.5 Å². The molecule has 2 aliphatic heterocycles. The van der Waals surface area contributed by atoms with Crippen LogP contribution in [-0.4, -0.2) is 69.3 Å². The highest BCUT2D eigenvalue weighted by Crippen LogP contribution is 2.28. The summed E-state index contributed by atoms with van der Waals surface area (Å²) in [7, 11) is 4.42.